The number of aromatic nitrogens is 2. The third-order valence-corrected chi connectivity index (χ3v) is 5.04. The van der Waals surface area contributed by atoms with Gasteiger partial charge in [-0.15, -0.1) is 11.3 Å². The standard InChI is InChI=1S/C13H18BrN3S/c1-4-9-13(14)11(17(3)16-9)8-10(15-2)12-6-5-7-18-12/h5-7,10,15H,4,8H2,1-3H3. The quantitative estimate of drug-likeness (QED) is 0.913. The number of hydrogen-bond donors (Lipinski definition) is 1. The summed E-state index contributed by atoms with van der Waals surface area (Å²) in [7, 11) is 4.02. The van der Waals surface area contributed by atoms with Crippen molar-refractivity contribution in [1.82, 2.24) is 15.1 Å². The topological polar surface area (TPSA) is 29.9 Å². The van der Waals surface area contributed by atoms with Crippen LogP contribution in [0.25, 0.3) is 0 Å². The van der Waals surface area contributed by atoms with E-state index in [4.69, 9.17) is 0 Å². The lowest BCUT2D eigenvalue weighted by Crippen LogP contribution is -2.19. The van der Waals surface area contributed by atoms with Crippen molar-refractivity contribution >= 4 is 27.3 Å². The molecule has 0 aromatic carbocycles. The van der Waals surface area contributed by atoms with Crippen molar-refractivity contribution in [1.29, 1.82) is 0 Å². The first-order chi connectivity index (χ1) is 8.67. The van der Waals surface area contributed by atoms with Gasteiger partial charge in [0.25, 0.3) is 0 Å². The Morgan fingerprint density at radius 2 is 2.33 bits per heavy atom. The molecule has 0 aliphatic carbocycles. The van der Waals surface area contributed by atoms with Gasteiger partial charge in [0.15, 0.2) is 0 Å². The Morgan fingerprint density at radius 1 is 1.56 bits per heavy atom. The molecule has 0 radical (unpaired) electrons. The molecule has 5 heteroatoms. The third kappa shape index (κ3) is 2.68. The number of nitrogens with zero attached hydrogens (tertiary/aromatic N) is 2. The highest BCUT2D eigenvalue weighted by atomic mass is 79.9. The molecule has 18 heavy (non-hydrogen) atoms. The van der Waals surface area contributed by atoms with Gasteiger partial charge in [-0.05, 0) is 40.8 Å². The summed E-state index contributed by atoms with van der Waals surface area (Å²) in [4.78, 5) is 1.36. The van der Waals surface area contributed by atoms with Gasteiger partial charge in [-0.25, -0.2) is 0 Å². The van der Waals surface area contributed by atoms with Gasteiger partial charge >= 0.3 is 0 Å². The summed E-state index contributed by atoms with van der Waals surface area (Å²) in [5.74, 6) is 0. The summed E-state index contributed by atoms with van der Waals surface area (Å²) in [6.07, 6.45) is 1.90. The SMILES string of the molecule is CCc1nn(C)c(CC(NC)c2cccs2)c1Br. The van der Waals surface area contributed by atoms with Crippen LogP contribution >= 0.6 is 27.3 Å². The molecule has 0 aliphatic rings. The van der Waals surface area contributed by atoms with Gasteiger partial charge in [-0.3, -0.25) is 4.68 Å². The van der Waals surface area contributed by atoms with Crippen LogP contribution in [0.1, 0.15) is 29.2 Å². The predicted octanol–water partition coefficient (Wildman–Crippen LogP) is 3.31. The molecule has 98 valence electrons. The van der Waals surface area contributed by atoms with Crippen molar-refractivity contribution in [2.45, 2.75) is 25.8 Å². The zero-order valence-electron chi connectivity index (χ0n) is 10.9. The maximum absolute atomic E-state index is 4.54. The van der Waals surface area contributed by atoms with E-state index in [1.54, 1.807) is 11.3 Å². The number of hydrogen-bond acceptors (Lipinski definition) is 3. The fourth-order valence-electron chi connectivity index (χ4n) is 2.07. The lowest BCUT2D eigenvalue weighted by Gasteiger charge is -2.15. The molecule has 0 aliphatic heterocycles. The largest absolute Gasteiger partial charge is 0.312 e. The first kappa shape index (κ1) is 13.8. The molecule has 2 aromatic rings. The van der Waals surface area contributed by atoms with Crippen LogP contribution in [0.3, 0.4) is 0 Å². The normalized spacial score (nSPS) is 12.9. The highest BCUT2D eigenvalue weighted by Crippen LogP contribution is 2.28. The number of likely N-dealkylation sites (N-methyl/N-ethyl adjacent to an activating group) is 1. The molecule has 0 saturated carbocycles. The van der Waals surface area contributed by atoms with Crippen LogP contribution in [-0.2, 0) is 19.9 Å². The summed E-state index contributed by atoms with van der Waals surface area (Å²) >= 11 is 5.47. The molecule has 0 amide bonds. The van der Waals surface area contributed by atoms with E-state index in [0.29, 0.717) is 6.04 Å². The number of rotatable bonds is 5. The molecule has 2 heterocycles. The van der Waals surface area contributed by atoms with Gasteiger partial charge in [0.1, 0.15) is 0 Å². The van der Waals surface area contributed by atoms with Gasteiger partial charge in [-0.1, -0.05) is 13.0 Å². The van der Waals surface area contributed by atoms with Gasteiger partial charge in [-0.2, -0.15) is 5.10 Å². The first-order valence-electron chi connectivity index (χ1n) is 6.08. The van der Waals surface area contributed by atoms with Crippen molar-refractivity contribution in [2.75, 3.05) is 7.05 Å². The van der Waals surface area contributed by atoms with Crippen LogP contribution in [0.2, 0.25) is 0 Å². The highest BCUT2D eigenvalue weighted by molar-refractivity contribution is 9.10. The molecule has 2 rings (SSSR count). The second-order valence-electron chi connectivity index (χ2n) is 4.25. The molecule has 3 nitrogen and oxygen atoms in total. The highest BCUT2D eigenvalue weighted by Gasteiger charge is 2.18. The van der Waals surface area contributed by atoms with Crippen molar-refractivity contribution in [3.63, 3.8) is 0 Å². The lowest BCUT2D eigenvalue weighted by molar-refractivity contribution is 0.567. The number of thiophene rings is 1. The van der Waals surface area contributed by atoms with E-state index in [9.17, 15) is 0 Å². The fraction of sp³-hybridized carbons (Fsp3) is 0.462. The van der Waals surface area contributed by atoms with Crippen LogP contribution in [0.4, 0.5) is 0 Å². The molecule has 0 saturated heterocycles. The Labute approximate surface area is 120 Å². The summed E-state index contributed by atoms with van der Waals surface area (Å²) in [5.41, 5.74) is 2.38. The van der Waals surface area contributed by atoms with Crippen LogP contribution in [0.5, 0.6) is 0 Å². The predicted molar refractivity (Wildman–Crippen MR) is 80.1 cm³/mol. The average Bonchev–Trinajstić information content (AvgIpc) is 2.97. The van der Waals surface area contributed by atoms with Crippen molar-refractivity contribution in [3.05, 3.63) is 38.3 Å². The summed E-state index contributed by atoms with van der Waals surface area (Å²) in [6, 6.07) is 4.62. The van der Waals surface area contributed by atoms with Crippen LogP contribution in [-0.4, -0.2) is 16.8 Å². The minimum atomic E-state index is 0.349. The zero-order valence-corrected chi connectivity index (χ0v) is 13.3. The molecule has 2 aromatic heterocycles. The second-order valence-corrected chi connectivity index (χ2v) is 6.02. The zero-order chi connectivity index (χ0) is 13.1. The Balaban J connectivity index is 2.25. The monoisotopic (exact) mass is 327 g/mol. The minimum Gasteiger partial charge on any atom is -0.312 e. The van der Waals surface area contributed by atoms with E-state index < -0.39 is 0 Å². The number of nitrogens with one attached hydrogen (secondary N) is 1. The van der Waals surface area contributed by atoms with E-state index in [1.807, 2.05) is 18.8 Å². The van der Waals surface area contributed by atoms with Crippen molar-refractivity contribution in [2.24, 2.45) is 7.05 Å². The number of halogens is 1. The van der Waals surface area contributed by atoms with Crippen LogP contribution in [0.15, 0.2) is 22.0 Å². The maximum Gasteiger partial charge on any atom is 0.0766 e. The average molecular weight is 328 g/mol. The van der Waals surface area contributed by atoms with Crippen molar-refractivity contribution < 1.29 is 0 Å². The van der Waals surface area contributed by atoms with E-state index in [-0.39, 0.29) is 0 Å². The van der Waals surface area contributed by atoms with Gasteiger partial charge < -0.3 is 5.32 Å². The maximum atomic E-state index is 4.54. The Bertz CT molecular complexity index is 505. The Morgan fingerprint density at radius 3 is 2.83 bits per heavy atom. The molecular formula is C13H18BrN3S. The fourth-order valence-corrected chi connectivity index (χ4v) is 3.68. The Kier molecular flexibility index (Phi) is 4.59. The van der Waals surface area contributed by atoms with Gasteiger partial charge in [0.05, 0.1) is 15.9 Å². The minimum absolute atomic E-state index is 0.349. The first-order valence-corrected chi connectivity index (χ1v) is 7.75. The van der Waals surface area contributed by atoms with E-state index in [0.717, 1.165) is 23.0 Å². The molecule has 1 atom stereocenters. The van der Waals surface area contributed by atoms with Crippen molar-refractivity contribution in [3.8, 4) is 0 Å². The molecule has 0 bridgehead atoms. The van der Waals surface area contributed by atoms with E-state index in [2.05, 4.69) is 50.8 Å². The Hall–Kier alpha value is -0.650. The molecule has 1 N–H and O–H groups in total. The van der Waals surface area contributed by atoms with E-state index in [1.165, 1.54) is 10.6 Å². The van der Waals surface area contributed by atoms with E-state index >= 15 is 0 Å². The molecule has 0 spiro atoms. The van der Waals surface area contributed by atoms with Gasteiger partial charge in [0.2, 0.25) is 0 Å². The van der Waals surface area contributed by atoms with Crippen LogP contribution in [0, 0.1) is 0 Å². The number of aryl methyl sites for hydroxylation is 2. The third-order valence-electron chi connectivity index (χ3n) is 3.14. The molecular weight excluding hydrogens is 310 g/mol. The second kappa shape index (κ2) is 5.99. The lowest BCUT2D eigenvalue weighted by atomic mass is 10.1. The summed E-state index contributed by atoms with van der Waals surface area (Å²) < 4.78 is 3.14. The smallest absolute Gasteiger partial charge is 0.0766 e. The van der Waals surface area contributed by atoms with Gasteiger partial charge in [0, 0.05) is 24.4 Å². The summed E-state index contributed by atoms with van der Waals surface area (Å²) in [6.45, 7) is 2.13. The summed E-state index contributed by atoms with van der Waals surface area (Å²) in [5, 5.41) is 10.0. The molecule has 1 unspecified atom stereocenters. The van der Waals surface area contributed by atoms with Crippen LogP contribution < -0.4 is 5.32 Å². The molecule has 0 fully saturated rings.